The van der Waals surface area contributed by atoms with Gasteiger partial charge in [0.2, 0.25) is 5.91 Å². The molecule has 5 nitrogen and oxygen atoms in total. The molecule has 0 fully saturated rings. The molecule has 0 aromatic heterocycles. The maximum atomic E-state index is 12.3. The summed E-state index contributed by atoms with van der Waals surface area (Å²) in [6.45, 7) is 4.02. The third kappa shape index (κ3) is 4.13. The molecule has 24 heavy (non-hydrogen) atoms. The van der Waals surface area contributed by atoms with Gasteiger partial charge < -0.3 is 15.2 Å². The monoisotopic (exact) mass is 327 g/mol. The average molecular weight is 327 g/mol. The van der Waals surface area contributed by atoms with Crippen LogP contribution in [0.15, 0.2) is 54.6 Å². The molecule has 0 aliphatic rings. The van der Waals surface area contributed by atoms with E-state index in [4.69, 9.17) is 4.74 Å². The van der Waals surface area contributed by atoms with Crippen LogP contribution in [0.1, 0.15) is 25.8 Å². The van der Waals surface area contributed by atoms with E-state index < -0.39 is 11.4 Å². The Morgan fingerprint density at radius 2 is 1.71 bits per heavy atom. The fourth-order valence-corrected chi connectivity index (χ4v) is 2.43. The molecule has 0 unspecified atom stereocenters. The topological polar surface area (TPSA) is 75.6 Å². The van der Waals surface area contributed by atoms with Gasteiger partial charge in [-0.15, -0.1) is 0 Å². The molecule has 0 aliphatic carbocycles. The number of carboxylic acids is 1. The van der Waals surface area contributed by atoms with Gasteiger partial charge in [0.1, 0.15) is 5.75 Å². The van der Waals surface area contributed by atoms with Gasteiger partial charge in [-0.3, -0.25) is 9.59 Å². The van der Waals surface area contributed by atoms with Crippen LogP contribution >= 0.6 is 0 Å². The minimum Gasteiger partial charge on any atom is -0.494 e. The number of benzene rings is 2. The standard InChI is InChI=1S/C19H21NO4/c1-3-24-16-11-9-15(10-12-16)20-17(21)13-19(2,18(22)23)14-7-5-4-6-8-14/h4-12H,3,13H2,1-2H3,(H,20,21)(H,22,23)/t19-/m1/s1. The van der Waals surface area contributed by atoms with Crippen LogP contribution in [0, 0.1) is 0 Å². The molecule has 2 N–H and O–H groups in total. The Hall–Kier alpha value is -2.82. The van der Waals surface area contributed by atoms with Crippen molar-refractivity contribution >= 4 is 17.6 Å². The normalized spacial score (nSPS) is 12.9. The molecule has 1 atom stereocenters. The molecule has 0 saturated heterocycles. The van der Waals surface area contributed by atoms with E-state index in [0.717, 1.165) is 5.75 Å². The number of carbonyl (C=O) groups is 2. The molecule has 5 heteroatoms. The van der Waals surface area contributed by atoms with Crippen molar-refractivity contribution in [3.05, 3.63) is 60.2 Å². The van der Waals surface area contributed by atoms with Crippen molar-refractivity contribution in [1.29, 1.82) is 0 Å². The molecular weight excluding hydrogens is 306 g/mol. The summed E-state index contributed by atoms with van der Waals surface area (Å²) in [6.07, 6.45) is -0.153. The van der Waals surface area contributed by atoms with Gasteiger partial charge in [0.15, 0.2) is 0 Å². The molecule has 0 saturated carbocycles. The minimum atomic E-state index is -1.28. The zero-order valence-electron chi connectivity index (χ0n) is 13.8. The Morgan fingerprint density at radius 3 is 2.25 bits per heavy atom. The first-order chi connectivity index (χ1) is 11.5. The summed E-state index contributed by atoms with van der Waals surface area (Å²) in [5.41, 5.74) is -0.0834. The van der Waals surface area contributed by atoms with E-state index in [1.165, 1.54) is 0 Å². The Kier molecular flexibility index (Phi) is 5.58. The zero-order chi connectivity index (χ0) is 17.6. The summed E-state index contributed by atoms with van der Waals surface area (Å²) in [4.78, 5) is 24.0. The lowest BCUT2D eigenvalue weighted by atomic mass is 9.79. The first-order valence-electron chi connectivity index (χ1n) is 7.77. The van der Waals surface area contributed by atoms with E-state index in [-0.39, 0.29) is 12.3 Å². The lowest BCUT2D eigenvalue weighted by molar-refractivity contribution is -0.145. The molecule has 2 aromatic rings. The summed E-state index contributed by atoms with van der Waals surface area (Å²) in [5.74, 6) is -0.668. The van der Waals surface area contributed by atoms with Gasteiger partial charge in [0.25, 0.3) is 0 Å². The highest BCUT2D eigenvalue weighted by atomic mass is 16.5. The number of ether oxygens (including phenoxy) is 1. The lowest BCUT2D eigenvalue weighted by Crippen LogP contribution is -2.36. The second-order valence-corrected chi connectivity index (χ2v) is 5.69. The summed E-state index contributed by atoms with van der Waals surface area (Å²) in [7, 11) is 0. The van der Waals surface area contributed by atoms with Crippen molar-refractivity contribution in [2.24, 2.45) is 0 Å². The number of hydrogen-bond donors (Lipinski definition) is 2. The number of amides is 1. The maximum absolute atomic E-state index is 12.3. The van der Waals surface area contributed by atoms with Crippen molar-refractivity contribution in [1.82, 2.24) is 0 Å². The van der Waals surface area contributed by atoms with Crippen molar-refractivity contribution in [3.8, 4) is 5.75 Å². The van der Waals surface area contributed by atoms with Crippen molar-refractivity contribution in [3.63, 3.8) is 0 Å². The number of carbonyl (C=O) groups excluding carboxylic acids is 1. The predicted molar refractivity (Wildman–Crippen MR) is 92.3 cm³/mol. The van der Waals surface area contributed by atoms with Gasteiger partial charge in [0, 0.05) is 12.1 Å². The highest BCUT2D eigenvalue weighted by Crippen LogP contribution is 2.28. The fourth-order valence-electron chi connectivity index (χ4n) is 2.43. The number of anilines is 1. The Morgan fingerprint density at radius 1 is 1.08 bits per heavy atom. The van der Waals surface area contributed by atoms with Crippen LogP contribution in [-0.2, 0) is 15.0 Å². The number of aliphatic carboxylic acids is 1. The fraction of sp³-hybridized carbons (Fsp3) is 0.263. The molecule has 0 heterocycles. The summed E-state index contributed by atoms with van der Waals surface area (Å²) >= 11 is 0. The minimum absolute atomic E-state index is 0.153. The smallest absolute Gasteiger partial charge is 0.314 e. The molecule has 2 aromatic carbocycles. The number of nitrogens with one attached hydrogen (secondary N) is 1. The van der Waals surface area contributed by atoms with Gasteiger partial charge >= 0.3 is 5.97 Å². The van der Waals surface area contributed by atoms with Crippen LogP contribution in [0.25, 0.3) is 0 Å². The highest BCUT2D eigenvalue weighted by molar-refractivity contribution is 5.96. The number of carboxylic acid groups (broad SMARTS) is 1. The van der Waals surface area contributed by atoms with Gasteiger partial charge in [0.05, 0.1) is 12.0 Å². The van der Waals surface area contributed by atoms with E-state index in [0.29, 0.717) is 17.9 Å². The third-order valence-electron chi connectivity index (χ3n) is 3.85. The van der Waals surface area contributed by atoms with Gasteiger partial charge in [-0.1, -0.05) is 30.3 Å². The van der Waals surface area contributed by atoms with E-state index in [1.54, 1.807) is 55.5 Å². The summed E-state index contributed by atoms with van der Waals surface area (Å²) in [6, 6.07) is 15.7. The van der Waals surface area contributed by atoms with Crippen LogP contribution in [0.5, 0.6) is 5.75 Å². The SMILES string of the molecule is CCOc1ccc(NC(=O)C[C@@](C)(C(=O)O)c2ccccc2)cc1. The maximum Gasteiger partial charge on any atom is 0.314 e. The van der Waals surface area contributed by atoms with Crippen LogP contribution in [0.4, 0.5) is 5.69 Å². The molecule has 0 aliphatic heterocycles. The number of rotatable bonds is 7. The second kappa shape index (κ2) is 7.64. The molecule has 0 spiro atoms. The average Bonchev–Trinajstić information content (AvgIpc) is 2.57. The van der Waals surface area contributed by atoms with Gasteiger partial charge in [-0.05, 0) is 43.7 Å². The molecule has 0 bridgehead atoms. The highest BCUT2D eigenvalue weighted by Gasteiger charge is 2.37. The van der Waals surface area contributed by atoms with Crippen molar-refractivity contribution in [2.75, 3.05) is 11.9 Å². The first kappa shape index (κ1) is 17.5. The number of hydrogen-bond acceptors (Lipinski definition) is 3. The second-order valence-electron chi connectivity index (χ2n) is 5.69. The Labute approximate surface area is 141 Å². The summed E-state index contributed by atoms with van der Waals surface area (Å²) < 4.78 is 5.35. The zero-order valence-corrected chi connectivity index (χ0v) is 13.8. The molecule has 126 valence electrons. The van der Waals surface area contributed by atoms with Crippen molar-refractivity contribution in [2.45, 2.75) is 25.7 Å². The van der Waals surface area contributed by atoms with E-state index in [2.05, 4.69) is 5.32 Å². The Bertz CT molecular complexity index is 697. The third-order valence-corrected chi connectivity index (χ3v) is 3.85. The van der Waals surface area contributed by atoms with Crippen LogP contribution in [-0.4, -0.2) is 23.6 Å². The molecule has 2 rings (SSSR count). The molecule has 0 radical (unpaired) electrons. The molecule has 1 amide bonds. The van der Waals surface area contributed by atoms with Crippen molar-refractivity contribution < 1.29 is 19.4 Å². The van der Waals surface area contributed by atoms with Gasteiger partial charge in [-0.25, -0.2) is 0 Å². The van der Waals surface area contributed by atoms with E-state index in [9.17, 15) is 14.7 Å². The van der Waals surface area contributed by atoms with Gasteiger partial charge in [-0.2, -0.15) is 0 Å². The van der Waals surface area contributed by atoms with Crippen LogP contribution < -0.4 is 10.1 Å². The first-order valence-corrected chi connectivity index (χ1v) is 7.77. The quantitative estimate of drug-likeness (QED) is 0.816. The van der Waals surface area contributed by atoms with Crippen LogP contribution in [0.2, 0.25) is 0 Å². The Balaban J connectivity index is 2.10. The van der Waals surface area contributed by atoms with Crippen LogP contribution in [0.3, 0.4) is 0 Å². The summed E-state index contributed by atoms with van der Waals surface area (Å²) in [5, 5.41) is 12.3. The van der Waals surface area contributed by atoms with E-state index >= 15 is 0 Å². The predicted octanol–water partition coefficient (Wildman–Crippen LogP) is 3.46. The largest absolute Gasteiger partial charge is 0.494 e. The van der Waals surface area contributed by atoms with E-state index in [1.807, 2.05) is 13.0 Å². The molecular formula is C19H21NO4. The lowest BCUT2D eigenvalue weighted by Gasteiger charge is -2.24.